The molecule has 0 saturated carbocycles. The zero-order valence-electron chi connectivity index (χ0n) is 7.74. The number of rotatable bonds is 1. The molecule has 0 radical (unpaired) electrons. The van der Waals surface area contributed by atoms with E-state index in [1.807, 2.05) is 24.4 Å². The van der Waals surface area contributed by atoms with Gasteiger partial charge in [0.2, 0.25) is 0 Å². The standard InChI is InChI=1S/C10H8N4S/c15-10-11-4-9(14-10)6-1-2-7-8(3-6)13-5-12-7/h1-5H,(H,12,13)(H2,11,14,15). The van der Waals surface area contributed by atoms with Crippen LogP contribution in [0.15, 0.2) is 30.7 Å². The van der Waals surface area contributed by atoms with Crippen LogP contribution in [0.4, 0.5) is 0 Å². The van der Waals surface area contributed by atoms with Gasteiger partial charge in [0.25, 0.3) is 0 Å². The molecule has 4 nitrogen and oxygen atoms in total. The van der Waals surface area contributed by atoms with Crippen LogP contribution in [-0.2, 0) is 0 Å². The summed E-state index contributed by atoms with van der Waals surface area (Å²) in [5.41, 5.74) is 4.05. The Hall–Kier alpha value is -1.88. The van der Waals surface area contributed by atoms with Crippen molar-refractivity contribution in [1.82, 2.24) is 19.9 Å². The van der Waals surface area contributed by atoms with Crippen molar-refractivity contribution in [3.05, 3.63) is 35.5 Å². The number of benzene rings is 1. The molecule has 3 aromatic rings. The molecular weight excluding hydrogens is 208 g/mol. The summed E-state index contributed by atoms with van der Waals surface area (Å²) in [6, 6.07) is 6.03. The smallest absolute Gasteiger partial charge is 0.174 e. The number of aromatic nitrogens is 4. The maximum absolute atomic E-state index is 4.98. The van der Waals surface area contributed by atoms with Crippen molar-refractivity contribution < 1.29 is 0 Å². The van der Waals surface area contributed by atoms with Crippen LogP contribution >= 0.6 is 12.2 Å². The van der Waals surface area contributed by atoms with Crippen molar-refractivity contribution in [1.29, 1.82) is 0 Å². The molecular formula is C10H8N4S. The van der Waals surface area contributed by atoms with E-state index in [0.717, 1.165) is 22.3 Å². The van der Waals surface area contributed by atoms with Gasteiger partial charge >= 0.3 is 0 Å². The zero-order chi connectivity index (χ0) is 10.3. The molecule has 74 valence electrons. The fourth-order valence-electron chi connectivity index (χ4n) is 1.59. The fourth-order valence-corrected chi connectivity index (χ4v) is 1.76. The van der Waals surface area contributed by atoms with Crippen LogP contribution in [0.1, 0.15) is 0 Å². The average Bonchev–Trinajstić information content (AvgIpc) is 2.84. The highest BCUT2D eigenvalue weighted by atomic mass is 32.1. The van der Waals surface area contributed by atoms with Crippen LogP contribution in [0, 0.1) is 4.77 Å². The maximum Gasteiger partial charge on any atom is 0.174 e. The van der Waals surface area contributed by atoms with E-state index in [9.17, 15) is 0 Å². The van der Waals surface area contributed by atoms with E-state index in [1.165, 1.54) is 0 Å². The van der Waals surface area contributed by atoms with E-state index < -0.39 is 0 Å². The van der Waals surface area contributed by atoms with Gasteiger partial charge in [-0.05, 0) is 24.4 Å². The topological polar surface area (TPSA) is 60.3 Å². The van der Waals surface area contributed by atoms with E-state index in [1.54, 1.807) is 6.33 Å². The first-order valence-corrected chi connectivity index (χ1v) is 4.95. The molecule has 0 bridgehead atoms. The second-order valence-electron chi connectivity index (χ2n) is 3.29. The van der Waals surface area contributed by atoms with Gasteiger partial charge in [0.05, 0.1) is 23.1 Å². The highest BCUT2D eigenvalue weighted by Gasteiger charge is 2.01. The lowest BCUT2D eigenvalue weighted by Gasteiger charge is -1.96. The van der Waals surface area contributed by atoms with Gasteiger partial charge in [-0.1, -0.05) is 6.07 Å². The lowest BCUT2D eigenvalue weighted by Crippen LogP contribution is -1.77. The highest BCUT2D eigenvalue weighted by Crippen LogP contribution is 2.20. The van der Waals surface area contributed by atoms with Crippen LogP contribution in [0.25, 0.3) is 22.3 Å². The molecule has 0 fully saturated rings. The molecule has 1 aromatic carbocycles. The summed E-state index contributed by atoms with van der Waals surface area (Å²) in [4.78, 5) is 13.3. The number of imidazole rings is 2. The Morgan fingerprint density at radius 1 is 1.20 bits per heavy atom. The largest absolute Gasteiger partial charge is 0.345 e. The van der Waals surface area contributed by atoms with Crippen LogP contribution < -0.4 is 0 Å². The fraction of sp³-hybridized carbons (Fsp3) is 0. The van der Waals surface area contributed by atoms with Crippen molar-refractivity contribution >= 4 is 23.3 Å². The Labute approximate surface area is 90.4 Å². The first-order valence-electron chi connectivity index (χ1n) is 4.54. The summed E-state index contributed by atoms with van der Waals surface area (Å²) in [5.74, 6) is 0. The van der Waals surface area contributed by atoms with E-state index in [0.29, 0.717) is 4.77 Å². The van der Waals surface area contributed by atoms with Crippen LogP contribution in [0.3, 0.4) is 0 Å². The summed E-state index contributed by atoms with van der Waals surface area (Å²) in [6.45, 7) is 0. The Morgan fingerprint density at radius 3 is 2.93 bits per heavy atom. The van der Waals surface area contributed by atoms with Crippen LogP contribution in [-0.4, -0.2) is 19.9 Å². The van der Waals surface area contributed by atoms with Gasteiger partial charge in [-0.3, -0.25) is 0 Å². The molecule has 3 rings (SSSR count). The third-order valence-corrected chi connectivity index (χ3v) is 2.55. The van der Waals surface area contributed by atoms with E-state index in [-0.39, 0.29) is 0 Å². The molecule has 3 N–H and O–H groups in total. The molecule has 0 aliphatic carbocycles. The normalized spacial score (nSPS) is 10.9. The SMILES string of the molecule is S=c1[nH]cc(-c2ccc3nc[nH]c3c2)[nH]1. The number of nitrogens with zero attached hydrogens (tertiary/aromatic N) is 1. The number of hydrogen-bond donors (Lipinski definition) is 3. The van der Waals surface area contributed by atoms with Crippen molar-refractivity contribution in [2.75, 3.05) is 0 Å². The molecule has 15 heavy (non-hydrogen) atoms. The second-order valence-corrected chi connectivity index (χ2v) is 3.70. The van der Waals surface area contributed by atoms with E-state index in [4.69, 9.17) is 12.2 Å². The van der Waals surface area contributed by atoms with Gasteiger partial charge in [0.1, 0.15) is 0 Å². The zero-order valence-corrected chi connectivity index (χ0v) is 8.56. The molecule has 0 amide bonds. The van der Waals surface area contributed by atoms with Crippen molar-refractivity contribution in [3.63, 3.8) is 0 Å². The predicted molar refractivity (Wildman–Crippen MR) is 61.1 cm³/mol. The first-order chi connectivity index (χ1) is 7.33. The highest BCUT2D eigenvalue weighted by molar-refractivity contribution is 7.71. The summed E-state index contributed by atoms with van der Waals surface area (Å²) < 4.78 is 0.634. The van der Waals surface area contributed by atoms with Gasteiger partial charge in [-0.15, -0.1) is 0 Å². The van der Waals surface area contributed by atoms with Gasteiger partial charge in [0.15, 0.2) is 4.77 Å². The van der Waals surface area contributed by atoms with Gasteiger partial charge in [0, 0.05) is 11.8 Å². The van der Waals surface area contributed by atoms with Crippen molar-refractivity contribution in [2.45, 2.75) is 0 Å². The predicted octanol–water partition coefficient (Wildman–Crippen LogP) is 2.62. The average molecular weight is 216 g/mol. The molecule has 0 spiro atoms. The summed E-state index contributed by atoms with van der Waals surface area (Å²) in [5, 5.41) is 0. The van der Waals surface area contributed by atoms with Gasteiger partial charge < -0.3 is 15.0 Å². The molecule has 0 saturated heterocycles. The third-order valence-electron chi connectivity index (χ3n) is 2.33. The number of H-pyrrole nitrogens is 3. The summed E-state index contributed by atoms with van der Waals surface area (Å²) in [6.07, 6.45) is 3.55. The van der Waals surface area contributed by atoms with Crippen molar-refractivity contribution in [3.8, 4) is 11.3 Å². The quantitative estimate of drug-likeness (QED) is 0.547. The first kappa shape index (κ1) is 8.43. The molecule has 2 heterocycles. The van der Waals surface area contributed by atoms with E-state index in [2.05, 4.69) is 19.9 Å². The second kappa shape index (κ2) is 3.06. The minimum atomic E-state index is 0.634. The Kier molecular flexibility index (Phi) is 1.72. The lowest BCUT2D eigenvalue weighted by atomic mass is 10.1. The number of aromatic amines is 3. The molecule has 0 aliphatic rings. The van der Waals surface area contributed by atoms with Gasteiger partial charge in [-0.25, -0.2) is 4.98 Å². The lowest BCUT2D eigenvalue weighted by molar-refractivity contribution is 1.27. The van der Waals surface area contributed by atoms with Crippen LogP contribution in [0.2, 0.25) is 0 Å². The molecule has 2 aromatic heterocycles. The minimum Gasteiger partial charge on any atom is -0.345 e. The molecule has 5 heteroatoms. The Morgan fingerprint density at radius 2 is 2.13 bits per heavy atom. The van der Waals surface area contributed by atoms with Crippen LogP contribution in [0.5, 0.6) is 0 Å². The Bertz CT molecular complexity index is 661. The number of nitrogens with one attached hydrogen (secondary N) is 3. The number of fused-ring (bicyclic) bond motifs is 1. The summed E-state index contributed by atoms with van der Waals surface area (Å²) >= 11 is 4.98. The van der Waals surface area contributed by atoms with Crippen molar-refractivity contribution in [2.24, 2.45) is 0 Å². The maximum atomic E-state index is 4.98. The summed E-state index contributed by atoms with van der Waals surface area (Å²) in [7, 11) is 0. The molecule has 0 atom stereocenters. The number of hydrogen-bond acceptors (Lipinski definition) is 2. The molecule has 0 aliphatic heterocycles. The monoisotopic (exact) mass is 216 g/mol. The van der Waals surface area contributed by atoms with Gasteiger partial charge in [-0.2, -0.15) is 0 Å². The minimum absolute atomic E-state index is 0.634. The molecule has 0 unspecified atom stereocenters. The van der Waals surface area contributed by atoms with E-state index >= 15 is 0 Å². The third kappa shape index (κ3) is 1.37. The Balaban J connectivity index is 2.22.